The van der Waals surface area contributed by atoms with Crippen molar-refractivity contribution in [1.82, 2.24) is 20.2 Å². The summed E-state index contributed by atoms with van der Waals surface area (Å²) in [4.78, 5) is 20.6. The molecule has 0 radical (unpaired) electrons. The number of thioether (sulfide) groups is 1. The van der Waals surface area contributed by atoms with Crippen molar-refractivity contribution >= 4 is 35.1 Å². The number of anilines is 1. The highest BCUT2D eigenvalue weighted by Crippen LogP contribution is 2.28. The lowest BCUT2D eigenvalue weighted by Gasteiger charge is -2.09. The second-order valence-corrected chi connectivity index (χ2v) is 6.86. The fourth-order valence-corrected chi connectivity index (χ4v) is 2.98. The summed E-state index contributed by atoms with van der Waals surface area (Å²) in [6.45, 7) is 2.54. The van der Waals surface area contributed by atoms with Crippen molar-refractivity contribution in [2.24, 2.45) is 0 Å². The molecular weight excluding hydrogens is 338 g/mol. The molecule has 0 aliphatic carbocycles. The van der Waals surface area contributed by atoms with Gasteiger partial charge in [0, 0.05) is 12.8 Å². The number of aromatic nitrogens is 4. The molecule has 2 unspecified atom stereocenters. The van der Waals surface area contributed by atoms with Gasteiger partial charge in [0.15, 0.2) is 5.82 Å². The van der Waals surface area contributed by atoms with Gasteiger partial charge in [-0.25, -0.2) is 9.97 Å². The third-order valence-electron chi connectivity index (χ3n) is 3.35. The van der Waals surface area contributed by atoms with Crippen molar-refractivity contribution in [3.05, 3.63) is 29.2 Å². The van der Waals surface area contributed by atoms with Crippen LogP contribution in [0.25, 0.3) is 0 Å². The average Bonchev–Trinajstić information content (AvgIpc) is 3.20. The van der Waals surface area contributed by atoms with Crippen molar-refractivity contribution in [2.45, 2.75) is 36.3 Å². The SMILES string of the molecule is CC(Sc1n[nH]c(C2CCCO2)n1)C(=O)Nc1ccc(Cl)cn1. The van der Waals surface area contributed by atoms with Crippen LogP contribution in [0.4, 0.5) is 5.82 Å². The second kappa shape index (κ2) is 7.29. The molecule has 1 saturated heterocycles. The average molecular weight is 354 g/mol. The summed E-state index contributed by atoms with van der Waals surface area (Å²) in [7, 11) is 0. The van der Waals surface area contributed by atoms with Crippen LogP contribution < -0.4 is 5.32 Å². The molecule has 2 aromatic heterocycles. The van der Waals surface area contributed by atoms with Crippen LogP contribution in [0.2, 0.25) is 5.02 Å². The van der Waals surface area contributed by atoms with Gasteiger partial charge in [-0.05, 0) is 31.9 Å². The number of amides is 1. The Labute approximate surface area is 142 Å². The Kier molecular flexibility index (Phi) is 5.14. The summed E-state index contributed by atoms with van der Waals surface area (Å²) in [5, 5.41) is 10.4. The molecule has 7 nitrogen and oxygen atoms in total. The summed E-state index contributed by atoms with van der Waals surface area (Å²) < 4.78 is 5.55. The van der Waals surface area contributed by atoms with Gasteiger partial charge in [-0.2, -0.15) is 0 Å². The maximum absolute atomic E-state index is 12.2. The van der Waals surface area contributed by atoms with Crippen LogP contribution in [0.15, 0.2) is 23.5 Å². The summed E-state index contributed by atoms with van der Waals surface area (Å²) >= 11 is 7.04. The van der Waals surface area contributed by atoms with E-state index in [1.807, 2.05) is 0 Å². The first-order valence-electron chi connectivity index (χ1n) is 7.25. The predicted octanol–water partition coefficient (Wildman–Crippen LogP) is 2.82. The highest BCUT2D eigenvalue weighted by molar-refractivity contribution is 8.00. The molecule has 1 fully saturated rings. The molecule has 2 atom stereocenters. The highest BCUT2D eigenvalue weighted by atomic mass is 35.5. The van der Waals surface area contributed by atoms with Crippen LogP contribution in [0.1, 0.15) is 31.7 Å². The van der Waals surface area contributed by atoms with Gasteiger partial charge >= 0.3 is 0 Å². The van der Waals surface area contributed by atoms with Gasteiger partial charge in [-0.15, -0.1) is 5.10 Å². The number of aromatic amines is 1. The van der Waals surface area contributed by atoms with Crippen LogP contribution in [-0.4, -0.2) is 37.9 Å². The normalized spacial score (nSPS) is 18.8. The Morgan fingerprint density at radius 1 is 1.57 bits per heavy atom. The number of rotatable bonds is 5. The number of ether oxygens (including phenoxy) is 1. The monoisotopic (exact) mass is 353 g/mol. The number of pyridine rings is 1. The van der Waals surface area contributed by atoms with Gasteiger partial charge in [0.1, 0.15) is 11.9 Å². The Balaban J connectivity index is 1.56. The van der Waals surface area contributed by atoms with E-state index in [0.717, 1.165) is 25.3 Å². The van der Waals surface area contributed by atoms with Gasteiger partial charge in [-0.3, -0.25) is 9.89 Å². The Hall–Kier alpha value is -1.64. The minimum absolute atomic E-state index is 0.0146. The smallest absolute Gasteiger partial charge is 0.238 e. The molecular formula is C14H16ClN5O2S. The fourth-order valence-electron chi connectivity index (χ4n) is 2.14. The molecule has 9 heteroatoms. The molecule has 2 N–H and O–H groups in total. The molecule has 1 amide bonds. The molecule has 1 aliphatic rings. The first kappa shape index (κ1) is 16.2. The van der Waals surface area contributed by atoms with Crippen molar-refractivity contribution in [3.8, 4) is 0 Å². The third-order valence-corrected chi connectivity index (χ3v) is 4.53. The van der Waals surface area contributed by atoms with Crippen molar-refractivity contribution in [1.29, 1.82) is 0 Å². The zero-order valence-corrected chi connectivity index (χ0v) is 14.0. The van der Waals surface area contributed by atoms with Crippen molar-refractivity contribution in [3.63, 3.8) is 0 Å². The number of hydrogen-bond donors (Lipinski definition) is 2. The molecule has 3 heterocycles. The van der Waals surface area contributed by atoms with E-state index < -0.39 is 0 Å². The molecule has 0 spiro atoms. The number of carbonyl (C=O) groups excluding carboxylic acids is 1. The van der Waals surface area contributed by atoms with Gasteiger partial charge in [0.25, 0.3) is 0 Å². The molecule has 3 rings (SSSR count). The summed E-state index contributed by atoms with van der Waals surface area (Å²) in [5.74, 6) is 1.01. The molecule has 0 saturated carbocycles. The zero-order valence-electron chi connectivity index (χ0n) is 12.5. The van der Waals surface area contributed by atoms with Crippen LogP contribution in [0.5, 0.6) is 0 Å². The van der Waals surface area contributed by atoms with Crippen molar-refractivity contribution in [2.75, 3.05) is 11.9 Å². The van der Waals surface area contributed by atoms with Crippen LogP contribution >= 0.6 is 23.4 Å². The van der Waals surface area contributed by atoms with E-state index in [-0.39, 0.29) is 17.3 Å². The highest BCUT2D eigenvalue weighted by Gasteiger charge is 2.23. The summed E-state index contributed by atoms with van der Waals surface area (Å²) in [5.41, 5.74) is 0. The number of hydrogen-bond acceptors (Lipinski definition) is 6. The van der Waals surface area contributed by atoms with Gasteiger partial charge in [-0.1, -0.05) is 23.4 Å². The minimum Gasteiger partial charge on any atom is -0.370 e. The van der Waals surface area contributed by atoms with E-state index in [0.29, 0.717) is 16.0 Å². The Bertz CT molecular complexity index is 672. The maximum Gasteiger partial charge on any atom is 0.238 e. The summed E-state index contributed by atoms with van der Waals surface area (Å²) in [6.07, 6.45) is 3.44. The largest absolute Gasteiger partial charge is 0.370 e. The molecule has 0 aromatic carbocycles. The van der Waals surface area contributed by atoms with Crippen LogP contribution in [-0.2, 0) is 9.53 Å². The molecule has 1 aliphatic heterocycles. The van der Waals surface area contributed by atoms with Crippen molar-refractivity contribution < 1.29 is 9.53 Å². The Morgan fingerprint density at radius 3 is 3.13 bits per heavy atom. The fraction of sp³-hybridized carbons (Fsp3) is 0.429. The molecule has 122 valence electrons. The molecule has 23 heavy (non-hydrogen) atoms. The van der Waals surface area contributed by atoms with Gasteiger partial charge < -0.3 is 10.1 Å². The zero-order chi connectivity index (χ0) is 16.2. The minimum atomic E-state index is -0.361. The van der Waals surface area contributed by atoms with Gasteiger partial charge in [0.05, 0.1) is 10.3 Å². The molecule has 0 bridgehead atoms. The standard InChI is InChI=1S/C14H16ClN5O2S/c1-8(13(21)17-11-5-4-9(15)7-16-11)23-14-18-12(19-20-14)10-3-2-6-22-10/h4-5,7-8,10H,2-3,6H2,1H3,(H,16,17,21)(H,18,19,20). The van der Waals surface area contributed by atoms with E-state index in [1.54, 1.807) is 19.1 Å². The second-order valence-electron chi connectivity index (χ2n) is 5.12. The van der Waals surface area contributed by atoms with Gasteiger partial charge in [0.2, 0.25) is 11.1 Å². The van der Waals surface area contributed by atoms with E-state index in [2.05, 4.69) is 25.5 Å². The number of carbonyl (C=O) groups is 1. The number of halogens is 1. The van der Waals surface area contributed by atoms with Crippen LogP contribution in [0, 0.1) is 0 Å². The van der Waals surface area contributed by atoms with E-state index >= 15 is 0 Å². The number of nitrogens with zero attached hydrogens (tertiary/aromatic N) is 3. The number of H-pyrrole nitrogens is 1. The van der Waals surface area contributed by atoms with E-state index in [1.165, 1.54) is 18.0 Å². The lowest BCUT2D eigenvalue weighted by molar-refractivity contribution is -0.115. The first-order chi connectivity index (χ1) is 11.1. The topological polar surface area (TPSA) is 92.8 Å². The third kappa shape index (κ3) is 4.21. The predicted molar refractivity (Wildman–Crippen MR) is 87.5 cm³/mol. The molecule has 2 aromatic rings. The Morgan fingerprint density at radius 2 is 2.43 bits per heavy atom. The van der Waals surface area contributed by atoms with E-state index in [9.17, 15) is 4.79 Å². The quantitative estimate of drug-likeness (QED) is 0.803. The lowest BCUT2D eigenvalue weighted by Crippen LogP contribution is -2.23. The summed E-state index contributed by atoms with van der Waals surface area (Å²) in [6, 6.07) is 3.32. The number of nitrogens with one attached hydrogen (secondary N) is 2. The first-order valence-corrected chi connectivity index (χ1v) is 8.50. The van der Waals surface area contributed by atoms with E-state index in [4.69, 9.17) is 16.3 Å². The van der Waals surface area contributed by atoms with Crippen LogP contribution in [0.3, 0.4) is 0 Å². The maximum atomic E-state index is 12.2. The lowest BCUT2D eigenvalue weighted by atomic mass is 10.2.